The second kappa shape index (κ2) is 38.7. The molecule has 0 radical (unpaired) electrons. The summed E-state index contributed by atoms with van der Waals surface area (Å²) in [6, 6.07) is 60.9. The molecule has 8 aromatic carbocycles. The topological polar surface area (TPSA) is 245 Å². The highest BCUT2D eigenvalue weighted by atomic mass is 35.5. The summed E-state index contributed by atoms with van der Waals surface area (Å²) < 4.78 is 31.2. The zero-order valence-electron chi connectivity index (χ0n) is 59.8. The van der Waals surface area contributed by atoms with Crippen molar-refractivity contribution in [3.05, 3.63) is 283 Å². The average molecular weight is 1460 g/mol. The molecule has 3 N–H and O–H groups in total. The minimum absolute atomic E-state index is 0.115. The van der Waals surface area contributed by atoms with E-state index in [2.05, 4.69) is 126 Å². The molecule has 2 saturated heterocycles. The third-order valence-electron chi connectivity index (χ3n) is 19.2. The molecule has 2 aliphatic heterocycles. The van der Waals surface area contributed by atoms with Gasteiger partial charge in [0.25, 0.3) is 0 Å². The van der Waals surface area contributed by atoms with E-state index in [1.807, 2.05) is 72.8 Å². The molecule has 0 aliphatic carbocycles. The number of halogens is 2. The molecule has 4 heterocycles. The fourth-order valence-electron chi connectivity index (χ4n) is 13.0. The number of carbonyl (C=O) groups is 2. The van der Waals surface area contributed by atoms with E-state index in [0.717, 1.165) is 138 Å². The number of aldehydes is 2. The Morgan fingerprint density at radius 3 is 1.34 bits per heavy atom. The van der Waals surface area contributed by atoms with Crippen LogP contribution >= 0.6 is 23.2 Å². The van der Waals surface area contributed by atoms with Gasteiger partial charge in [-0.15, -0.1) is 0 Å². The van der Waals surface area contributed by atoms with Gasteiger partial charge in [0.1, 0.15) is 66.5 Å². The van der Waals surface area contributed by atoms with Crippen molar-refractivity contribution in [3.8, 4) is 75.0 Å². The summed E-state index contributed by atoms with van der Waals surface area (Å²) in [5.41, 5.74) is 15.9. The summed E-state index contributed by atoms with van der Waals surface area (Å²) in [4.78, 5) is 35.6. The van der Waals surface area contributed by atoms with Crippen molar-refractivity contribution >= 4 is 35.8 Å². The van der Waals surface area contributed by atoms with Crippen molar-refractivity contribution in [1.29, 1.82) is 15.8 Å². The predicted molar refractivity (Wildman–Crippen MR) is 411 cm³/mol. The van der Waals surface area contributed by atoms with Crippen LogP contribution in [0.5, 0.6) is 34.5 Å². The van der Waals surface area contributed by atoms with Gasteiger partial charge < -0.3 is 48.8 Å². The molecule has 2 aliphatic rings. The molecule has 0 saturated carbocycles. The van der Waals surface area contributed by atoms with Crippen LogP contribution in [0, 0.1) is 61.7 Å². The lowest BCUT2D eigenvalue weighted by atomic mass is 9.93. The third-order valence-corrected chi connectivity index (χ3v) is 19.8. The largest absolute Gasteiger partial charge is 0.507 e. The Morgan fingerprint density at radius 1 is 0.472 bits per heavy atom. The molecule has 542 valence electrons. The number of hydrogen-bond donors (Lipinski definition) is 3. The highest BCUT2D eigenvalue weighted by Crippen LogP contribution is 2.39. The van der Waals surface area contributed by atoms with Crippen LogP contribution in [0.25, 0.3) is 22.3 Å². The number of nitrogens with zero attached hydrogens (tertiary/aromatic N) is 7. The van der Waals surface area contributed by atoms with Crippen molar-refractivity contribution in [1.82, 2.24) is 19.8 Å². The number of aromatic nitrogens is 2. The maximum absolute atomic E-state index is 11.8. The normalized spacial score (nSPS) is 13.7. The second-order valence-corrected chi connectivity index (χ2v) is 27.2. The Hall–Kier alpha value is -10.9. The minimum Gasteiger partial charge on any atom is -0.507 e. The summed E-state index contributed by atoms with van der Waals surface area (Å²) in [7, 11) is 0. The van der Waals surface area contributed by atoms with Crippen molar-refractivity contribution in [3.63, 3.8) is 0 Å². The van der Waals surface area contributed by atoms with E-state index in [9.17, 15) is 30.2 Å². The molecule has 17 nitrogen and oxygen atoms in total. The van der Waals surface area contributed by atoms with Crippen LogP contribution in [-0.2, 0) is 26.2 Å². The first-order valence-electron chi connectivity index (χ1n) is 35.3. The molecule has 12 rings (SSSR count). The Kier molecular flexibility index (Phi) is 28.4. The van der Waals surface area contributed by atoms with E-state index in [1.165, 1.54) is 41.7 Å². The first-order chi connectivity index (χ1) is 51.5. The molecule has 106 heavy (non-hydrogen) atoms. The zero-order valence-corrected chi connectivity index (χ0v) is 61.4. The van der Waals surface area contributed by atoms with Gasteiger partial charge in [-0.2, -0.15) is 15.8 Å². The van der Waals surface area contributed by atoms with Gasteiger partial charge in [-0.1, -0.05) is 145 Å². The van der Waals surface area contributed by atoms with Gasteiger partial charge in [0.15, 0.2) is 12.6 Å². The number of nitriles is 3. The van der Waals surface area contributed by atoms with Crippen LogP contribution in [0.4, 0.5) is 0 Å². The van der Waals surface area contributed by atoms with Gasteiger partial charge in [0.05, 0.1) is 70.2 Å². The molecule has 0 bridgehead atoms. The van der Waals surface area contributed by atoms with Crippen LogP contribution in [0.15, 0.2) is 195 Å². The van der Waals surface area contributed by atoms with Crippen LogP contribution in [0.2, 0.25) is 10.0 Å². The van der Waals surface area contributed by atoms with E-state index in [-0.39, 0.29) is 60.2 Å². The quantitative estimate of drug-likeness (QED) is 0.0427. The Morgan fingerprint density at radius 2 is 0.887 bits per heavy atom. The first kappa shape index (κ1) is 77.7. The van der Waals surface area contributed by atoms with Gasteiger partial charge in [-0.05, 0) is 162 Å². The Balaban J connectivity index is 0.000000200. The average Bonchev–Trinajstić information content (AvgIpc) is 0.804. The lowest BCUT2D eigenvalue weighted by molar-refractivity contribution is 0.0760. The summed E-state index contributed by atoms with van der Waals surface area (Å²) in [5.74, 6) is 2.94. The van der Waals surface area contributed by atoms with Gasteiger partial charge in [0, 0.05) is 93.6 Å². The zero-order chi connectivity index (χ0) is 74.9. The smallest absolute Gasteiger partial charge is 0.153 e. The highest BCUT2D eigenvalue weighted by molar-refractivity contribution is 6.32. The summed E-state index contributed by atoms with van der Waals surface area (Å²) in [6.45, 7) is 15.4. The standard InChI is InChI=1S/C43H42ClN3O5.C36H38ClNO5.C8H5N3/c1-29-34(27-52-43-20-42(35(25-48)19-40(43)44)50-26-32-18-31(21-45)22-46-23-32)10-6-11-38(29)39-12-7-13-41(30(39)2)51-28-36(33-8-4-3-5-9-33)24-47-16-14-37(49)15-17-47;1-24-27(22-43-36-19-34(41)28(21-39)18-33(36)37)10-6-11-31(24)32-12-7-13-35(25(32)2)42-23-29(26-8-4-3-5-9-26)20-38-16-14-30(40)15-17-38;9-2-1-7-3-8(4-10)6-11-5-7/h3-13,18-20,22-23,25,36-37,49H,14-17,24,26-28H2,1-2H3;3-13,18-19,21,29-30,40-41H,14-17,20,22-23H2,1-2H3;3,5-6H,1H2. The summed E-state index contributed by atoms with van der Waals surface area (Å²) in [6.07, 6.45) is 10.5. The number of hydrogen-bond acceptors (Lipinski definition) is 17. The molecular weight excluding hydrogens is 1370 g/mol. The summed E-state index contributed by atoms with van der Waals surface area (Å²) >= 11 is 12.8. The van der Waals surface area contributed by atoms with Crippen LogP contribution < -0.4 is 23.7 Å². The van der Waals surface area contributed by atoms with Crippen LogP contribution in [-0.4, -0.2) is 112 Å². The number of carbonyl (C=O) groups excluding carboxylic acids is 2. The number of ether oxygens (including phenoxy) is 5. The van der Waals surface area contributed by atoms with Crippen LogP contribution in [0.3, 0.4) is 0 Å². The molecule has 10 aromatic rings. The van der Waals surface area contributed by atoms with Gasteiger partial charge >= 0.3 is 0 Å². The molecule has 2 unspecified atom stereocenters. The van der Waals surface area contributed by atoms with E-state index >= 15 is 0 Å². The molecule has 2 fully saturated rings. The lowest BCUT2D eigenvalue weighted by Gasteiger charge is -2.32. The number of aliphatic hydroxyl groups excluding tert-OH is 2. The minimum atomic E-state index is -0.203. The predicted octanol–water partition coefficient (Wildman–Crippen LogP) is 16.8. The SMILES string of the molecule is Cc1c(COc2cc(O)c(C=O)cc2Cl)cccc1-c1cccc(OCC(CN2CCC(O)CC2)c2ccccc2)c1C.Cc1c(COc2cc(OCc3cncc(C#N)c3)c(C=O)cc2Cl)cccc1-c1cccc(OCC(CN2CCC(O)CC2)c2ccccc2)c1C.N#CCc1cncc(C#N)c1. The maximum Gasteiger partial charge on any atom is 0.153 e. The number of phenolic OH excluding ortho intramolecular Hbond substituents is 1. The number of benzene rings is 8. The lowest BCUT2D eigenvalue weighted by Crippen LogP contribution is -2.39. The van der Waals surface area contributed by atoms with Crippen molar-refractivity contribution in [2.75, 3.05) is 52.5 Å². The number of aromatic hydroxyl groups is 1. The first-order valence-corrected chi connectivity index (χ1v) is 36.0. The van der Waals surface area contributed by atoms with E-state index in [1.54, 1.807) is 30.6 Å². The third kappa shape index (κ3) is 21.2. The van der Waals surface area contributed by atoms with Crippen LogP contribution in [0.1, 0.15) is 125 Å². The number of phenols is 1. The highest BCUT2D eigenvalue weighted by Gasteiger charge is 2.26. The van der Waals surface area contributed by atoms with Crippen molar-refractivity contribution < 1.29 is 48.6 Å². The van der Waals surface area contributed by atoms with E-state index < -0.39 is 0 Å². The summed E-state index contributed by atoms with van der Waals surface area (Å²) in [5, 5.41) is 56.6. The maximum atomic E-state index is 11.8. The van der Waals surface area contributed by atoms with Gasteiger partial charge in [-0.3, -0.25) is 19.6 Å². The Bertz CT molecular complexity index is 4760. The molecule has 0 amide bonds. The van der Waals surface area contributed by atoms with Gasteiger partial charge in [-0.25, -0.2) is 0 Å². The fourth-order valence-corrected chi connectivity index (χ4v) is 13.5. The molecule has 19 heteroatoms. The van der Waals surface area contributed by atoms with Gasteiger partial charge in [0.2, 0.25) is 0 Å². The number of piperidine rings is 2. The molecular formula is C87H85Cl2N7O10. The van der Waals surface area contributed by atoms with Crippen molar-refractivity contribution in [2.24, 2.45) is 0 Å². The number of pyridine rings is 2. The monoisotopic (exact) mass is 1460 g/mol. The molecule has 2 atom stereocenters. The van der Waals surface area contributed by atoms with Crippen molar-refractivity contribution in [2.45, 2.75) is 104 Å². The number of rotatable bonds is 26. The Labute approximate surface area is 630 Å². The number of likely N-dealkylation sites (tertiary alicyclic amines) is 2. The number of aliphatic hydroxyl groups is 2. The second-order valence-electron chi connectivity index (χ2n) is 26.4. The van der Waals surface area contributed by atoms with E-state index in [0.29, 0.717) is 76.7 Å². The molecule has 0 spiro atoms. The van der Waals surface area contributed by atoms with E-state index in [4.69, 9.17) is 57.4 Å². The molecule has 2 aromatic heterocycles. The fraction of sp³-hybridized carbons (Fsp3) is 0.276.